The van der Waals surface area contributed by atoms with Crippen LogP contribution in [0.4, 0.5) is 0 Å². The smallest absolute Gasteiger partial charge is 0.262 e. The number of hydrogen-bond donors (Lipinski definition) is 1. The van der Waals surface area contributed by atoms with Crippen molar-refractivity contribution in [3.63, 3.8) is 0 Å². The molecule has 1 heterocycles. The van der Waals surface area contributed by atoms with Crippen LogP contribution >= 0.6 is 11.3 Å². The van der Waals surface area contributed by atoms with Crippen LogP contribution in [0.1, 0.15) is 48.2 Å². The second-order valence-electron chi connectivity index (χ2n) is 4.54. The molecular weight excluding hydrogens is 232 g/mol. The summed E-state index contributed by atoms with van der Waals surface area (Å²) in [6.45, 7) is 0. The van der Waals surface area contributed by atoms with Crippen LogP contribution in [-0.4, -0.2) is 11.4 Å². The lowest BCUT2D eigenvalue weighted by molar-refractivity contribution is 0.0917. The van der Waals surface area contributed by atoms with Gasteiger partial charge in [0.2, 0.25) is 0 Å². The molecular formula is C13H16N2OS. The predicted molar refractivity (Wildman–Crippen MR) is 67.8 cm³/mol. The van der Waals surface area contributed by atoms with E-state index in [1.807, 2.05) is 11.4 Å². The van der Waals surface area contributed by atoms with Gasteiger partial charge in [-0.05, 0) is 24.3 Å². The van der Waals surface area contributed by atoms with Gasteiger partial charge in [-0.25, -0.2) is 0 Å². The van der Waals surface area contributed by atoms with Crippen molar-refractivity contribution in [2.75, 3.05) is 0 Å². The molecule has 0 radical (unpaired) electrons. The number of nitrogens with one attached hydrogen (secondary N) is 1. The van der Waals surface area contributed by atoms with Gasteiger partial charge in [0.05, 0.1) is 10.9 Å². The Labute approximate surface area is 105 Å². The number of thiophene rings is 1. The summed E-state index contributed by atoms with van der Waals surface area (Å²) in [5.74, 6) is -0.108. The number of amides is 1. The van der Waals surface area contributed by atoms with Crippen LogP contribution in [0.25, 0.3) is 0 Å². The van der Waals surface area contributed by atoms with E-state index in [1.54, 1.807) is 6.07 Å². The molecule has 3 nitrogen and oxygen atoms in total. The van der Waals surface area contributed by atoms with Crippen LogP contribution < -0.4 is 5.32 Å². The lowest BCUT2D eigenvalue weighted by Gasteiger charge is -2.25. The van der Waals surface area contributed by atoms with E-state index in [0.717, 1.165) is 38.5 Å². The van der Waals surface area contributed by atoms with Crippen molar-refractivity contribution in [2.45, 2.75) is 44.1 Å². The first-order valence-electron chi connectivity index (χ1n) is 6.03. The van der Waals surface area contributed by atoms with Gasteiger partial charge < -0.3 is 5.32 Å². The Hall–Kier alpha value is -1.34. The quantitative estimate of drug-likeness (QED) is 0.818. The van der Waals surface area contributed by atoms with E-state index in [-0.39, 0.29) is 5.91 Å². The molecule has 0 atom stereocenters. The number of carbonyl (C=O) groups excluding carboxylic acids is 1. The molecule has 1 aliphatic carbocycles. The average Bonchev–Trinajstić information content (AvgIpc) is 2.78. The summed E-state index contributed by atoms with van der Waals surface area (Å²) in [6.07, 6.45) is 5.94. The Balaban J connectivity index is 2.09. The first-order valence-corrected chi connectivity index (χ1v) is 6.91. The SMILES string of the molecule is N#CC1(NC(=O)c2cccs2)CCCCCC1. The third kappa shape index (κ3) is 2.86. The summed E-state index contributed by atoms with van der Waals surface area (Å²) >= 11 is 1.41. The first-order chi connectivity index (χ1) is 8.26. The average molecular weight is 248 g/mol. The zero-order valence-electron chi connectivity index (χ0n) is 9.74. The van der Waals surface area contributed by atoms with Gasteiger partial charge in [-0.2, -0.15) is 5.26 Å². The maximum Gasteiger partial charge on any atom is 0.262 e. The fourth-order valence-electron chi connectivity index (χ4n) is 2.28. The monoisotopic (exact) mass is 248 g/mol. The second kappa shape index (κ2) is 5.33. The summed E-state index contributed by atoms with van der Waals surface area (Å²) in [4.78, 5) is 12.7. The third-order valence-electron chi connectivity index (χ3n) is 3.27. The van der Waals surface area contributed by atoms with Crippen LogP contribution in [0.15, 0.2) is 17.5 Å². The lowest BCUT2D eigenvalue weighted by atomic mass is 9.92. The van der Waals surface area contributed by atoms with Crippen molar-refractivity contribution in [2.24, 2.45) is 0 Å². The van der Waals surface area contributed by atoms with Crippen LogP contribution in [0, 0.1) is 11.3 Å². The minimum Gasteiger partial charge on any atom is -0.333 e. The maximum absolute atomic E-state index is 12.0. The Kier molecular flexibility index (Phi) is 3.80. The number of nitrogens with zero attached hydrogens (tertiary/aromatic N) is 1. The number of hydrogen-bond acceptors (Lipinski definition) is 3. The highest BCUT2D eigenvalue weighted by molar-refractivity contribution is 7.12. The second-order valence-corrected chi connectivity index (χ2v) is 5.49. The molecule has 1 amide bonds. The van der Waals surface area contributed by atoms with Crippen LogP contribution in [0.2, 0.25) is 0 Å². The number of nitriles is 1. The normalized spacial score (nSPS) is 19.0. The van der Waals surface area contributed by atoms with Gasteiger partial charge in [0, 0.05) is 0 Å². The zero-order chi connectivity index (χ0) is 12.1. The van der Waals surface area contributed by atoms with Crippen molar-refractivity contribution in [1.82, 2.24) is 5.32 Å². The van der Waals surface area contributed by atoms with Gasteiger partial charge in [-0.1, -0.05) is 31.7 Å². The molecule has 1 aliphatic rings. The van der Waals surface area contributed by atoms with E-state index < -0.39 is 5.54 Å². The summed E-state index contributed by atoms with van der Waals surface area (Å²) in [7, 11) is 0. The van der Waals surface area contributed by atoms with Gasteiger partial charge in [0.1, 0.15) is 5.54 Å². The van der Waals surface area contributed by atoms with Crippen molar-refractivity contribution in [3.05, 3.63) is 22.4 Å². The molecule has 0 unspecified atom stereocenters. The molecule has 1 aromatic heterocycles. The fraction of sp³-hybridized carbons (Fsp3) is 0.538. The largest absolute Gasteiger partial charge is 0.333 e. The predicted octanol–water partition coefficient (Wildman–Crippen LogP) is 3.09. The highest BCUT2D eigenvalue weighted by Crippen LogP contribution is 2.27. The zero-order valence-corrected chi connectivity index (χ0v) is 10.6. The van der Waals surface area contributed by atoms with Crippen LogP contribution in [-0.2, 0) is 0 Å². The van der Waals surface area contributed by atoms with Crippen molar-refractivity contribution < 1.29 is 4.79 Å². The Bertz CT molecular complexity index is 411. The van der Waals surface area contributed by atoms with Crippen LogP contribution in [0.3, 0.4) is 0 Å². The fourth-order valence-corrected chi connectivity index (χ4v) is 2.90. The van der Waals surface area contributed by atoms with Gasteiger partial charge in [-0.3, -0.25) is 4.79 Å². The minimum absolute atomic E-state index is 0.108. The molecule has 1 saturated carbocycles. The molecule has 2 rings (SSSR count). The van der Waals surface area contributed by atoms with Gasteiger partial charge in [-0.15, -0.1) is 11.3 Å². The highest BCUT2D eigenvalue weighted by atomic mass is 32.1. The summed E-state index contributed by atoms with van der Waals surface area (Å²) in [5.41, 5.74) is -0.641. The Morgan fingerprint density at radius 3 is 2.59 bits per heavy atom. The Morgan fingerprint density at radius 2 is 2.06 bits per heavy atom. The van der Waals surface area contributed by atoms with E-state index in [2.05, 4.69) is 11.4 Å². The highest BCUT2D eigenvalue weighted by Gasteiger charge is 2.32. The molecule has 0 aromatic carbocycles. The van der Waals surface area contributed by atoms with Gasteiger partial charge in [0.25, 0.3) is 5.91 Å². The first kappa shape index (κ1) is 12.1. The van der Waals surface area contributed by atoms with Gasteiger partial charge >= 0.3 is 0 Å². The molecule has 4 heteroatoms. The van der Waals surface area contributed by atoms with Crippen molar-refractivity contribution in [1.29, 1.82) is 5.26 Å². The molecule has 17 heavy (non-hydrogen) atoms. The molecule has 0 spiro atoms. The molecule has 0 aliphatic heterocycles. The molecule has 1 aromatic rings. The summed E-state index contributed by atoms with van der Waals surface area (Å²) in [6, 6.07) is 5.97. The number of rotatable bonds is 2. The third-order valence-corrected chi connectivity index (χ3v) is 4.14. The molecule has 0 bridgehead atoms. The van der Waals surface area contributed by atoms with E-state index in [4.69, 9.17) is 0 Å². The Morgan fingerprint density at radius 1 is 1.35 bits per heavy atom. The van der Waals surface area contributed by atoms with Crippen molar-refractivity contribution in [3.8, 4) is 6.07 Å². The summed E-state index contributed by atoms with van der Waals surface area (Å²) in [5, 5.41) is 14.2. The summed E-state index contributed by atoms with van der Waals surface area (Å²) < 4.78 is 0. The van der Waals surface area contributed by atoms with E-state index >= 15 is 0 Å². The molecule has 1 fully saturated rings. The van der Waals surface area contributed by atoms with E-state index in [0.29, 0.717) is 4.88 Å². The molecule has 1 N–H and O–H groups in total. The number of carbonyl (C=O) groups is 1. The van der Waals surface area contributed by atoms with Crippen molar-refractivity contribution >= 4 is 17.2 Å². The standard InChI is InChI=1S/C13H16N2OS/c14-10-13(7-3-1-2-4-8-13)15-12(16)11-6-5-9-17-11/h5-6,9H,1-4,7-8H2,(H,15,16). The van der Waals surface area contributed by atoms with Crippen LogP contribution in [0.5, 0.6) is 0 Å². The maximum atomic E-state index is 12.0. The minimum atomic E-state index is -0.641. The van der Waals surface area contributed by atoms with Gasteiger partial charge in [0.15, 0.2) is 0 Å². The van der Waals surface area contributed by atoms with E-state index in [1.165, 1.54) is 11.3 Å². The van der Waals surface area contributed by atoms with E-state index in [9.17, 15) is 10.1 Å². The molecule has 90 valence electrons. The lowest BCUT2D eigenvalue weighted by Crippen LogP contribution is -2.46. The molecule has 0 saturated heterocycles. The topological polar surface area (TPSA) is 52.9 Å².